The average molecular weight is 246 g/mol. The molecule has 1 aromatic carbocycles. The Morgan fingerprint density at radius 1 is 1.50 bits per heavy atom. The predicted molar refractivity (Wildman–Crippen MR) is 60.0 cm³/mol. The molecule has 16 heavy (non-hydrogen) atoms. The summed E-state index contributed by atoms with van der Waals surface area (Å²) in [6.45, 7) is 1.91. The van der Waals surface area contributed by atoms with Crippen molar-refractivity contribution in [3.8, 4) is 0 Å². The molecule has 0 aliphatic heterocycles. The van der Waals surface area contributed by atoms with Crippen LogP contribution in [-0.4, -0.2) is 21.5 Å². The third kappa shape index (κ3) is 3.26. The number of benzene rings is 1. The van der Waals surface area contributed by atoms with Crippen molar-refractivity contribution in [1.82, 2.24) is 5.32 Å². The molecule has 6 heteroatoms. The molecule has 0 spiro atoms. The Balaban J connectivity index is 3.01. The minimum Gasteiger partial charge on any atom is -0.317 e. The SMILES string of the molecule is CNC(C)Cc1ccc(S(N)(=O)=O)cc1F. The van der Waals surface area contributed by atoms with Gasteiger partial charge >= 0.3 is 0 Å². The molecule has 1 aromatic rings. The monoisotopic (exact) mass is 246 g/mol. The molecule has 90 valence electrons. The van der Waals surface area contributed by atoms with Gasteiger partial charge < -0.3 is 5.32 Å². The van der Waals surface area contributed by atoms with Crippen molar-refractivity contribution in [3.63, 3.8) is 0 Å². The fraction of sp³-hybridized carbons (Fsp3) is 0.400. The van der Waals surface area contributed by atoms with Crippen LogP contribution < -0.4 is 10.5 Å². The molecule has 0 fully saturated rings. The topological polar surface area (TPSA) is 72.2 Å². The van der Waals surface area contributed by atoms with Crippen LogP contribution in [0.4, 0.5) is 4.39 Å². The van der Waals surface area contributed by atoms with E-state index >= 15 is 0 Å². The van der Waals surface area contributed by atoms with Crippen LogP contribution in [0.3, 0.4) is 0 Å². The van der Waals surface area contributed by atoms with Crippen molar-refractivity contribution in [2.24, 2.45) is 5.14 Å². The molecule has 0 amide bonds. The number of nitrogens with one attached hydrogen (secondary N) is 1. The zero-order chi connectivity index (χ0) is 12.3. The number of likely N-dealkylation sites (N-methyl/N-ethyl adjacent to an activating group) is 1. The van der Waals surface area contributed by atoms with Gasteiger partial charge in [-0.15, -0.1) is 0 Å². The summed E-state index contributed by atoms with van der Waals surface area (Å²) < 4.78 is 35.5. The zero-order valence-corrected chi connectivity index (χ0v) is 10.0. The van der Waals surface area contributed by atoms with E-state index in [0.717, 1.165) is 6.07 Å². The second-order valence-electron chi connectivity index (χ2n) is 3.69. The zero-order valence-electron chi connectivity index (χ0n) is 9.20. The highest BCUT2D eigenvalue weighted by Crippen LogP contribution is 2.15. The Morgan fingerprint density at radius 2 is 2.12 bits per heavy atom. The maximum atomic E-state index is 13.5. The van der Waals surface area contributed by atoms with E-state index in [1.165, 1.54) is 12.1 Å². The van der Waals surface area contributed by atoms with Crippen molar-refractivity contribution in [2.75, 3.05) is 7.05 Å². The number of halogens is 1. The Kier molecular flexibility index (Phi) is 4.01. The van der Waals surface area contributed by atoms with Gasteiger partial charge in [-0.1, -0.05) is 6.07 Å². The molecule has 0 saturated heterocycles. The fourth-order valence-electron chi connectivity index (χ4n) is 1.30. The van der Waals surface area contributed by atoms with Crippen LogP contribution in [0.1, 0.15) is 12.5 Å². The van der Waals surface area contributed by atoms with Crippen LogP contribution in [0.5, 0.6) is 0 Å². The maximum absolute atomic E-state index is 13.5. The van der Waals surface area contributed by atoms with Crippen LogP contribution in [0, 0.1) is 5.82 Å². The van der Waals surface area contributed by atoms with Crippen molar-refractivity contribution < 1.29 is 12.8 Å². The minimum absolute atomic E-state index is 0.120. The molecule has 4 nitrogen and oxygen atoms in total. The molecule has 1 rings (SSSR count). The highest BCUT2D eigenvalue weighted by molar-refractivity contribution is 7.89. The summed E-state index contributed by atoms with van der Waals surface area (Å²) in [5.74, 6) is -0.548. The normalized spacial score (nSPS) is 13.8. The second kappa shape index (κ2) is 4.90. The van der Waals surface area contributed by atoms with Crippen LogP contribution in [0.15, 0.2) is 23.1 Å². The molecule has 3 N–H and O–H groups in total. The van der Waals surface area contributed by atoms with Crippen LogP contribution >= 0.6 is 0 Å². The quantitative estimate of drug-likeness (QED) is 0.818. The van der Waals surface area contributed by atoms with Crippen molar-refractivity contribution in [1.29, 1.82) is 0 Å². The van der Waals surface area contributed by atoms with Gasteiger partial charge in [-0.3, -0.25) is 0 Å². The first-order valence-corrected chi connectivity index (χ1v) is 6.37. The van der Waals surface area contributed by atoms with Gasteiger partial charge in [-0.25, -0.2) is 17.9 Å². The Bertz CT molecular complexity index is 474. The van der Waals surface area contributed by atoms with E-state index in [1.807, 2.05) is 6.92 Å². The van der Waals surface area contributed by atoms with E-state index < -0.39 is 15.8 Å². The highest BCUT2D eigenvalue weighted by atomic mass is 32.2. The van der Waals surface area contributed by atoms with Gasteiger partial charge in [0.15, 0.2) is 0 Å². The lowest BCUT2D eigenvalue weighted by atomic mass is 10.1. The molecule has 0 aromatic heterocycles. The third-order valence-electron chi connectivity index (χ3n) is 2.37. The molecule has 0 aliphatic rings. The van der Waals surface area contributed by atoms with Gasteiger partial charge in [-0.05, 0) is 38.1 Å². The number of sulfonamides is 1. The first-order valence-electron chi connectivity index (χ1n) is 4.83. The minimum atomic E-state index is -3.83. The summed E-state index contributed by atoms with van der Waals surface area (Å²) in [4.78, 5) is -0.203. The number of rotatable bonds is 4. The number of hydrogen-bond donors (Lipinski definition) is 2. The number of nitrogens with two attached hydrogens (primary N) is 1. The smallest absolute Gasteiger partial charge is 0.238 e. The van der Waals surface area contributed by atoms with Gasteiger partial charge in [0.05, 0.1) is 4.90 Å². The molecule has 0 saturated carbocycles. The predicted octanol–water partition coefficient (Wildman–Crippen LogP) is 0.624. The Morgan fingerprint density at radius 3 is 2.56 bits per heavy atom. The van der Waals surface area contributed by atoms with E-state index in [2.05, 4.69) is 5.32 Å². The van der Waals surface area contributed by atoms with Crippen molar-refractivity contribution in [2.45, 2.75) is 24.3 Å². The number of primary sulfonamides is 1. The number of hydrogen-bond acceptors (Lipinski definition) is 3. The van der Waals surface area contributed by atoms with Gasteiger partial charge in [0, 0.05) is 6.04 Å². The average Bonchev–Trinajstić information content (AvgIpc) is 2.19. The van der Waals surface area contributed by atoms with Crippen molar-refractivity contribution >= 4 is 10.0 Å². The maximum Gasteiger partial charge on any atom is 0.238 e. The first-order chi connectivity index (χ1) is 7.34. The fourth-order valence-corrected chi connectivity index (χ4v) is 1.83. The molecule has 1 atom stereocenters. The summed E-state index contributed by atoms with van der Waals surface area (Å²) in [6.07, 6.45) is 0.493. The molecule has 0 radical (unpaired) electrons. The third-order valence-corrected chi connectivity index (χ3v) is 3.28. The molecular formula is C10H15FN2O2S. The highest BCUT2D eigenvalue weighted by Gasteiger charge is 2.12. The van der Waals surface area contributed by atoms with E-state index in [1.54, 1.807) is 7.05 Å². The second-order valence-corrected chi connectivity index (χ2v) is 5.25. The van der Waals surface area contributed by atoms with E-state index in [4.69, 9.17) is 5.14 Å². The largest absolute Gasteiger partial charge is 0.317 e. The summed E-state index contributed by atoms with van der Waals surface area (Å²) in [7, 11) is -2.05. The van der Waals surface area contributed by atoms with Gasteiger partial charge in [0.1, 0.15) is 5.82 Å². The summed E-state index contributed by atoms with van der Waals surface area (Å²) in [6, 6.07) is 3.83. The lowest BCUT2D eigenvalue weighted by molar-refractivity contribution is 0.559. The summed E-state index contributed by atoms with van der Waals surface area (Å²) >= 11 is 0. The summed E-state index contributed by atoms with van der Waals surface area (Å²) in [5.41, 5.74) is 0.467. The lowest BCUT2D eigenvalue weighted by Crippen LogP contribution is -2.24. The Labute approximate surface area is 94.7 Å². The molecule has 0 heterocycles. The van der Waals surface area contributed by atoms with E-state index in [-0.39, 0.29) is 10.9 Å². The molecular weight excluding hydrogens is 231 g/mol. The Hall–Kier alpha value is -0.980. The first kappa shape index (κ1) is 13.1. The van der Waals surface area contributed by atoms with Crippen LogP contribution in [-0.2, 0) is 16.4 Å². The molecule has 0 aliphatic carbocycles. The van der Waals surface area contributed by atoms with Gasteiger partial charge in [0.2, 0.25) is 10.0 Å². The molecule has 1 unspecified atom stereocenters. The van der Waals surface area contributed by atoms with Gasteiger partial charge in [0.25, 0.3) is 0 Å². The van der Waals surface area contributed by atoms with Gasteiger partial charge in [-0.2, -0.15) is 0 Å². The van der Waals surface area contributed by atoms with E-state index in [0.29, 0.717) is 12.0 Å². The molecule has 0 bridgehead atoms. The standard InChI is InChI=1S/C10H15FN2O2S/c1-7(13-2)5-8-3-4-9(6-10(8)11)16(12,14)15/h3-4,6-7,13H,5H2,1-2H3,(H2,12,14,15). The van der Waals surface area contributed by atoms with Crippen molar-refractivity contribution in [3.05, 3.63) is 29.6 Å². The summed E-state index contributed by atoms with van der Waals surface area (Å²) in [5, 5.41) is 7.87. The van der Waals surface area contributed by atoms with E-state index in [9.17, 15) is 12.8 Å². The lowest BCUT2D eigenvalue weighted by Gasteiger charge is -2.11. The van der Waals surface area contributed by atoms with Crippen LogP contribution in [0.25, 0.3) is 0 Å². The van der Waals surface area contributed by atoms with Crippen LogP contribution in [0.2, 0.25) is 0 Å².